The third-order valence-electron chi connectivity index (χ3n) is 5.01. The average molecular weight is 552 g/mol. The van der Waals surface area contributed by atoms with Crippen LogP contribution in [0.2, 0.25) is 5.02 Å². The summed E-state index contributed by atoms with van der Waals surface area (Å²) in [7, 11) is 0. The van der Waals surface area contributed by atoms with Crippen molar-refractivity contribution in [3.8, 4) is 5.75 Å². The number of carboxylic acids is 1. The number of carboxylic acid groups (broad SMARTS) is 1. The molecule has 14 heteroatoms. The standard InChI is InChI=1S/C24H30ClN5O8/c1-4-37-24(36)38-19-6-5-14(8-16(19)25)21(32)27-11-20(31)29-17(9-15-10-26-12-28-15)22(33)30-18(23(34)35)7-13(2)3/h5-6,8,10,12-13,17-18H,4,7,9,11H2,1-3H3,(H,26,28)(H,27,32)(H,29,31)(H,30,33)(H,34,35)/t17-,18-/m0/s1. The number of aliphatic carboxylic acids is 1. The van der Waals surface area contributed by atoms with E-state index in [9.17, 15) is 29.1 Å². The molecule has 2 aromatic rings. The molecular formula is C24H30ClN5O8. The van der Waals surface area contributed by atoms with Gasteiger partial charge in [-0.2, -0.15) is 0 Å². The Balaban J connectivity index is 2.01. The van der Waals surface area contributed by atoms with Crippen molar-refractivity contribution in [2.24, 2.45) is 5.92 Å². The zero-order valence-electron chi connectivity index (χ0n) is 21.1. The number of ether oxygens (including phenoxy) is 2. The second-order valence-electron chi connectivity index (χ2n) is 8.54. The lowest BCUT2D eigenvalue weighted by Gasteiger charge is -2.22. The third-order valence-corrected chi connectivity index (χ3v) is 5.31. The summed E-state index contributed by atoms with van der Waals surface area (Å²) >= 11 is 6.06. The Kier molecular flexibility index (Phi) is 11.5. The molecule has 0 aliphatic heterocycles. The highest BCUT2D eigenvalue weighted by Gasteiger charge is 2.28. The minimum Gasteiger partial charge on any atom is -0.480 e. The number of benzene rings is 1. The first-order chi connectivity index (χ1) is 18.0. The van der Waals surface area contributed by atoms with E-state index in [0.29, 0.717) is 5.69 Å². The molecule has 0 fully saturated rings. The number of nitrogens with zero attached hydrogens (tertiary/aromatic N) is 1. The van der Waals surface area contributed by atoms with Crippen molar-refractivity contribution in [3.05, 3.63) is 47.0 Å². The Bertz CT molecular complexity index is 1140. The van der Waals surface area contributed by atoms with Crippen LogP contribution >= 0.6 is 11.6 Å². The lowest BCUT2D eigenvalue weighted by atomic mass is 10.0. The zero-order chi connectivity index (χ0) is 28.2. The highest BCUT2D eigenvalue weighted by Crippen LogP contribution is 2.25. The van der Waals surface area contributed by atoms with E-state index in [1.165, 1.54) is 30.7 Å². The lowest BCUT2D eigenvalue weighted by Crippen LogP contribution is -2.54. The summed E-state index contributed by atoms with van der Waals surface area (Å²) in [5.41, 5.74) is 0.619. The summed E-state index contributed by atoms with van der Waals surface area (Å²) in [6, 6.07) is 1.61. The van der Waals surface area contributed by atoms with Gasteiger partial charge in [-0.3, -0.25) is 14.4 Å². The highest BCUT2D eigenvalue weighted by molar-refractivity contribution is 6.32. The van der Waals surface area contributed by atoms with E-state index >= 15 is 0 Å². The molecule has 2 rings (SSSR count). The SMILES string of the molecule is CCOC(=O)Oc1ccc(C(=O)NCC(=O)N[C@@H](Cc2cnc[nH]2)C(=O)N[C@@H](CC(C)C)C(=O)O)cc1Cl. The first kappa shape index (κ1) is 30.1. The van der Waals surface area contributed by atoms with Gasteiger partial charge < -0.3 is 35.5 Å². The van der Waals surface area contributed by atoms with E-state index in [1.54, 1.807) is 6.92 Å². The number of imidazole rings is 1. The number of rotatable bonds is 13. The van der Waals surface area contributed by atoms with Gasteiger partial charge >= 0.3 is 12.1 Å². The van der Waals surface area contributed by atoms with E-state index in [4.69, 9.17) is 16.3 Å². The Morgan fingerprint density at radius 3 is 2.45 bits per heavy atom. The maximum absolute atomic E-state index is 12.9. The van der Waals surface area contributed by atoms with Crippen LogP contribution in [0.5, 0.6) is 5.75 Å². The lowest BCUT2D eigenvalue weighted by molar-refractivity contribution is -0.142. The number of halogens is 1. The molecule has 0 saturated carbocycles. The van der Waals surface area contributed by atoms with Gasteiger partial charge in [-0.05, 0) is 37.5 Å². The minimum absolute atomic E-state index is 0.00607. The van der Waals surface area contributed by atoms with Crippen LogP contribution in [-0.2, 0) is 25.5 Å². The largest absolute Gasteiger partial charge is 0.513 e. The molecular weight excluding hydrogens is 522 g/mol. The van der Waals surface area contributed by atoms with Gasteiger partial charge in [0.05, 0.1) is 24.5 Å². The Labute approximate surface area is 223 Å². The Morgan fingerprint density at radius 2 is 1.87 bits per heavy atom. The van der Waals surface area contributed by atoms with Gasteiger partial charge in [-0.1, -0.05) is 25.4 Å². The number of aromatic amines is 1. The maximum Gasteiger partial charge on any atom is 0.513 e. The topological polar surface area (TPSA) is 189 Å². The van der Waals surface area contributed by atoms with Crippen molar-refractivity contribution in [2.75, 3.05) is 13.2 Å². The van der Waals surface area contributed by atoms with Gasteiger partial charge in [0.25, 0.3) is 5.91 Å². The molecule has 0 saturated heterocycles. The van der Waals surface area contributed by atoms with Crippen molar-refractivity contribution < 1.29 is 38.6 Å². The van der Waals surface area contributed by atoms with Crippen molar-refractivity contribution in [1.82, 2.24) is 25.9 Å². The smallest absolute Gasteiger partial charge is 0.480 e. The van der Waals surface area contributed by atoms with Crippen molar-refractivity contribution in [2.45, 2.75) is 45.7 Å². The van der Waals surface area contributed by atoms with Gasteiger partial charge in [0.2, 0.25) is 11.8 Å². The molecule has 0 aliphatic rings. The van der Waals surface area contributed by atoms with Crippen LogP contribution in [0.1, 0.15) is 43.2 Å². The van der Waals surface area contributed by atoms with Crippen LogP contribution in [0.4, 0.5) is 4.79 Å². The van der Waals surface area contributed by atoms with Crippen LogP contribution in [0.25, 0.3) is 0 Å². The number of hydrogen-bond acceptors (Lipinski definition) is 8. The van der Waals surface area contributed by atoms with Gasteiger partial charge in [0.1, 0.15) is 12.1 Å². The van der Waals surface area contributed by atoms with Crippen LogP contribution in [0.3, 0.4) is 0 Å². The molecule has 206 valence electrons. The van der Waals surface area contributed by atoms with Crippen LogP contribution in [0.15, 0.2) is 30.7 Å². The molecule has 13 nitrogen and oxygen atoms in total. The van der Waals surface area contributed by atoms with Gasteiger partial charge in [0.15, 0.2) is 5.75 Å². The first-order valence-corrected chi connectivity index (χ1v) is 12.1. The predicted octanol–water partition coefficient (Wildman–Crippen LogP) is 1.67. The fourth-order valence-electron chi connectivity index (χ4n) is 3.26. The van der Waals surface area contributed by atoms with Crippen molar-refractivity contribution >= 4 is 41.4 Å². The van der Waals surface area contributed by atoms with E-state index in [1.807, 2.05) is 13.8 Å². The number of nitrogens with one attached hydrogen (secondary N) is 4. The summed E-state index contributed by atoms with van der Waals surface area (Å²) in [6.07, 6.45) is 2.14. The second-order valence-corrected chi connectivity index (χ2v) is 8.95. The number of carbonyl (C=O) groups excluding carboxylic acids is 4. The van der Waals surface area contributed by atoms with Crippen molar-refractivity contribution in [3.63, 3.8) is 0 Å². The monoisotopic (exact) mass is 551 g/mol. The third kappa shape index (κ3) is 9.73. The van der Waals surface area contributed by atoms with Crippen molar-refractivity contribution in [1.29, 1.82) is 0 Å². The Hall–Kier alpha value is -4.13. The molecule has 0 aliphatic carbocycles. The molecule has 1 aromatic carbocycles. The fourth-order valence-corrected chi connectivity index (χ4v) is 3.48. The van der Waals surface area contributed by atoms with Crippen LogP contribution < -0.4 is 20.7 Å². The molecule has 2 atom stereocenters. The quantitative estimate of drug-likeness (QED) is 0.182. The normalized spacial score (nSPS) is 12.2. The molecule has 38 heavy (non-hydrogen) atoms. The first-order valence-electron chi connectivity index (χ1n) is 11.7. The predicted molar refractivity (Wildman–Crippen MR) is 135 cm³/mol. The number of aromatic nitrogens is 2. The summed E-state index contributed by atoms with van der Waals surface area (Å²) in [6.45, 7) is 4.88. The molecule has 3 amide bonds. The Morgan fingerprint density at radius 1 is 1.13 bits per heavy atom. The molecule has 1 heterocycles. The molecule has 0 spiro atoms. The number of hydrogen-bond donors (Lipinski definition) is 5. The molecule has 0 unspecified atom stereocenters. The molecule has 1 aromatic heterocycles. The number of amides is 3. The number of H-pyrrole nitrogens is 1. The molecule has 5 N–H and O–H groups in total. The highest BCUT2D eigenvalue weighted by atomic mass is 35.5. The summed E-state index contributed by atoms with van der Waals surface area (Å²) in [5, 5.41) is 16.8. The van der Waals surface area contributed by atoms with Gasteiger partial charge in [-0.25, -0.2) is 14.6 Å². The van der Waals surface area contributed by atoms with Gasteiger partial charge in [0, 0.05) is 23.9 Å². The summed E-state index contributed by atoms with van der Waals surface area (Å²) in [4.78, 5) is 67.7. The van der Waals surface area contributed by atoms with E-state index in [0.717, 1.165) is 0 Å². The van der Waals surface area contributed by atoms with E-state index in [-0.39, 0.29) is 41.7 Å². The van der Waals surface area contributed by atoms with E-state index in [2.05, 4.69) is 30.7 Å². The maximum atomic E-state index is 12.9. The minimum atomic E-state index is -1.19. The average Bonchev–Trinajstić information content (AvgIpc) is 3.36. The molecule has 0 bridgehead atoms. The summed E-state index contributed by atoms with van der Waals surface area (Å²) < 4.78 is 9.59. The zero-order valence-corrected chi connectivity index (χ0v) is 21.8. The summed E-state index contributed by atoms with van der Waals surface area (Å²) in [5.74, 6) is -3.24. The number of carbonyl (C=O) groups is 5. The molecule has 0 radical (unpaired) electrons. The van der Waals surface area contributed by atoms with E-state index < -0.39 is 48.5 Å². The van der Waals surface area contributed by atoms with Crippen LogP contribution in [0, 0.1) is 5.92 Å². The fraction of sp³-hybridized carbons (Fsp3) is 0.417. The second kappa shape index (κ2) is 14.6. The van der Waals surface area contributed by atoms with Crippen LogP contribution in [-0.4, -0.2) is 70.2 Å². The van der Waals surface area contributed by atoms with Gasteiger partial charge in [-0.15, -0.1) is 0 Å².